The molecule has 8 heteroatoms. The van der Waals surface area contributed by atoms with Gasteiger partial charge in [0.25, 0.3) is 5.69 Å². The molecular weight excluding hydrogens is 290 g/mol. The number of carbonyl (C=O) groups is 1. The average Bonchev–Trinajstić information content (AvgIpc) is 2.48. The zero-order valence-electron chi connectivity index (χ0n) is 12.3. The Morgan fingerprint density at radius 3 is 2.59 bits per heavy atom. The van der Waals surface area contributed by atoms with E-state index in [1.807, 2.05) is 0 Å². The Balaban J connectivity index is 2.00. The van der Waals surface area contributed by atoms with Gasteiger partial charge in [0.2, 0.25) is 0 Å². The summed E-state index contributed by atoms with van der Waals surface area (Å²) in [5.74, 6) is 0.557. The van der Waals surface area contributed by atoms with Crippen molar-refractivity contribution < 1.29 is 19.2 Å². The van der Waals surface area contributed by atoms with E-state index in [1.165, 1.54) is 19.2 Å². The molecular formula is C14H19N3O5. The highest BCUT2D eigenvalue weighted by molar-refractivity contribution is 5.65. The van der Waals surface area contributed by atoms with Gasteiger partial charge in [0.1, 0.15) is 11.9 Å². The van der Waals surface area contributed by atoms with Crippen molar-refractivity contribution in [3.63, 3.8) is 0 Å². The number of nitrogens with one attached hydrogen (secondary N) is 1. The quantitative estimate of drug-likeness (QED) is 0.637. The fourth-order valence-corrected chi connectivity index (χ4v) is 2.63. The predicted molar refractivity (Wildman–Crippen MR) is 80.0 cm³/mol. The molecule has 1 fully saturated rings. The average molecular weight is 309 g/mol. The SMILES string of the molecule is COc1ccc([N+](=O)[O-])cc1NC1CCC(OC(N)=O)CC1. The third-order valence-corrected chi connectivity index (χ3v) is 3.71. The van der Waals surface area contributed by atoms with Gasteiger partial charge in [-0.05, 0) is 31.7 Å². The molecule has 8 nitrogen and oxygen atoms in total. The maximum Gasteiger partial charge on any atom is 0.404 e. The van der Waals surface area contributed by atoms with E-state index in [0.717, 1.165) is 12.8 Å². The molecule has 0 atom stereocenters. The van der Waals surface area contributed by atoms with Crippen LogP contribution in [0.1, 0.15) is 25.7 Å². The molecule has 0 bridgehead atoms. The van der Waals surface area contributed by atoms with Crippen molar-refractivity contribution in [2.45, 2.75) is 37.8 Å². The molecule has 1 aromatic rings. The number of nitro groups is 1. The van der Waals surface area contributed by atoms with E-state index in [0.29, 0.717) is 24.3 Å². The van der Waals surface area contributed by atoms with Gasteiger partial charge >= 0.3 is 6.09 Å². The number of ether oxygens (including phenoxy) is 2. The number of non-ortho nitro benzene ring substituents is 1. The Kier molecular flexibility index (Phi) is 5.03. The first-order chi connectivity index (χ1) is 10.5. The number of benzene rings is 1. The summed E-state index contributed by atoms with van der Waals surface area (Å²) in [6, 6.07) is 4.58. The first-order valence-corrected chi connectivity index (χ1v) is 7.04. The van der Waals surface area contributed by atoms with Crippen molar-refractivity contribution in [2.24, 2.45) is 5.73 Å². The van der Waals surface area contributed by atoms with Crippen LogP contribution in [-0.2, 0) is 4.74 Å². The first-order valence-electron chi connectivity index (χ1n) is 7.04. The smallest absolute Gasteiger partial charge is 0.404 e. The second kappa shape index (κ2) is 6.97. The lowest BCUT2D eigenvalue weighted by Crippen LogP contribution is -2.32. The second-order valence-corrected chi connectivity index (χ2v) is 5.20. The molecule has 1 aliphatic carbocycles. The summed E-state index contributed by atoms with van der Waals surface area (Å²) in [6.07, 6.45) is 2.07. The van der Waals surface area contributed by atoms with Crippen molar-refractivity contribution in [3.8, 4) is 5.75 Å². The summed E-state index contributed by atoms with van der Waals surface area (Å²) in [6.45, 7) is 0. The molecule has 2 rings (SSSR count). The van der Waals surface area contributed by atoms with E-state index < -0.39 is 11.0 Å². The molecule has 0 heterocycles. The zero-order chi connectivity index (χ0) is 16.1. The third kappa shape index (κ3) is 4.00. The summed E-state index contributed by atoms with van der Waals surface area (Å²) < 4.78 is 10.2. The topological polar surface area (TPSA) is 117 Å². The molecule has 0 unspecified atom stereocenters. The van der Waals surface area contributed by atoms with Gasteiger partial charge < -0.3 is 20.5 Å². The Morgan fingerprint density at radius 1 is 1.36 bits per heavy atom. The summed E-state index contributed by atoms with van der Waals surface area (Å²) in [7, 11) is 1.52. The number of nitro benzene ring substituents is 1. The van der Waals surface area contributed by atoms with Crippen molar-refractivity contribution >= 4 is 17.5 Å². The summed E-state index contributed by atoms with van der Waals surface area (Å²) in [4.78, 5) is 21.2. The van der Waals surface area contributed by atoms with Crippen LogP contribution in [0.3, 0.4) is 0 Å². The molecule has 0 aromatic heterocycles. The van der Waals surface area contributed by atoms with Gasteiger partial charge in [-0.15, -0.1) is 0 Å². The highest BCUT2D eigenvalue weighted by Crippen LogP contribution is 2.32. The number of hydrogen-bond donors (Lipinski definition) is 2. The summed E-state index contributed by atoms with van der Waals surface area (Å²) in [5, 5.41) is 14.1. The standard InChI is InChI=1S/C14H19N3O5/c1-21-13-7-4-10(17(19)20)8-12(13)16-9-2-5-11(6-3-9)22-14(15)18/h4,7-9,11,16H,2-3,5-6H2,1H3,(H2,15,18). The van der Waals surface area contributed by atoms with Crippen LogP contribution in [0.2, 0.25) is 0 Å². The summed E-state index contributed by atoms with van der Waals surface area (Å²) in [5.41, 5.74) is 5.61. The minimum Gasteiger partial charge on any atom is -0.495 e. The Morgan fingerprint density at radius 2 is 2.05 bits per heavy atom. The lowest BCUT2D eigenvalue weighted by molar-refractivity contribution is -0.384. The number of hydrogen-bond acceptors (Lipinski definition) is 6. The van der Waals surface area contributed by atoms with Crippen LogP contribution in [0.5, 0.6) is 5.75 Å². The molecule has 0 spiro atoms. The third-order valence-electron chi connectivity index (χ3n) is 3.71. The van der Waals surface area contributed by atoms with E-state index in [2.05, 4.69) is 5.32 Å². The van der Waals surface area contributed by atoms with Gasteiger partial charge in [0.15, 0.2) is 0 Å². The maximum absolute atomic E-state index is 10.9. The van der Waals surface area contributed by atoms with Crippen LogP contribution in [0.4, 0.5) is 16.2 Å². The normalized spacial score (nSPS) is 21.0. The van der Waals surface area contributed by atoms with Gasteiger partial charge in [0.05, 0.1) is 17.7 Å². The number of carbonyl (C=O) groups excluding carboxylic acids is 1. The number of nitrogens with zero attached hydrogens (tertiary/aromatic N) is 1. The van der Waals surface area contributed by atoms with Crippen LogP contribution in [0.25, 0.3) is 0 Å². The molecule has 3 N–H and O–H groups in total. The van der Waals surface area contributed by atoms with E-state index in [1.54, 1.807) is 6.07 Å². The monoisotopic (exact) mass is 309 g/mol. The zero-order valence-corrected chi connectivity index (χ0v) is 12.3. The van der Waals surface area contributed by atoms with Crippen molar-refractivity contribution in [2.75, 3.05) is 12.4 Å². The predicted octanol–water partition coefficient (Wildman–Crippen LogP) is 2.42. The molecule has 1 amide bonds. The maximum atomic E-state index is 10.9. The lowest BCUT2D eigenvalue weighted by atomic mass is 9.92. The first kappa shape index (κ1) is 15.9. The molecule has 0 saturated heterocycles. The van der Waals surface area contributed by atoms with E-state index in [-0.39, 0.29) is 17.8 Å². The van der Waals surface area contributed by atoms with Gasteiger partial charge in [0, 0.05) is 18.2 Å². The Bertz CT molecular complexity index is 555. The van der Waals surface area contributed by atoms with Crippen LogP contribution < -0.4 is 15.8 Å². The molecule has 22 heavy (non-hydrogen) atoms. The van der Waals surface area contributed by atoms with Gasteiger partial charge in [-0.2, -0.15) is 0 Å². The number of primary amides is 1. The van der Waals surface area contributed by atoms with Crippen LogP contribution in [0, 0.1) is 10.1 Å². The van der Waals surface area contributed by atoms with Crippen molar-refractivity contribution in [3.05, 3.63) is 28.3 Å². The number of rotatable bonds is 5. The van der Waals surface area contributed by atoms with Gasteiger partial charge in [-0.1, -0.05) is 0 Å². The largest absolute Gasteiger partial charge is 0.495 e. The number of methoxy groups -OCH3 is 1. The number of amides is 1. The molecule has 120 valence electrons. The molecule has 1 saturated carbocycles. The second-order valence-electron chi connectivity index (χ2n) is 5.20. The van der Waals surface area contributed by atoms with Gasteiger partial charge in [-0.25, -0.2) is 4.79 Å². The summed E-state index contributed by atoms with van der Waals surface area (Å²) >= 11 is 0. The van der Waals surface area contributed by atoms with Crippen LogP contribution >= 0.6 is 0 Å². The van der Waals surface area contributed by atoms with Gasteiger partial charge in [-0.3, -0.25) is 10.1 Å². The van der Waals surface area contributed by atoms with E-state index in [9.17, 15) is 14.9 Å². The molecule has 0 aliphatic heterocycles. The Labute approximate surface area is 127 Å². The molecule has 0 radical (unpaired) electrons. The minimum atomic E-state index is -0.753. The van der Waals surface area contributed by atoms with Crippen molar-refractivity contribution in [1.29, 1.82) is 0 Å². The van der Waals surface area contributed by atoms with Crippen LogP contribution in [-0.4, -0.2) is 30.3 Å². The molecule has 1 aliphatic rings. The fraction of sp³-hybridized carbons (Fsp3) is 0.500. The number of anilines is 1. The van der Waals surface area contributed by atoms with E-state index in [4.69, 9.17) is 15.2 Å². The van der Waals surface area contributed by atoms with E-state index >= 15 is 0 Å². The van der Waals surface area contributed by atoms with Crippen molar-refractivity contribution in [1.82, 2.24) is 0 Å². The fourth-order valence-electron chi connectivity index (χ4n) is 2.63. The van der Waals surface area contributed by atoms with Crippen LogP contribution in [0.15, 0.2) is 18.2 Å². The molecule has 1 aromatic carbocycles. The minimum absolute atomic E-state index is 0.00838. The lowest BCUT2D eigenvalue weighted by Gasteiger charge is -2.29. The highest BCUT2D eigenvalue weighted by atomic mass is 16.6. The number of nitrogens with two attached hydrogens (primary N) is 1. The highest BCUT2D eigenvalue weighted by Gasteiger charge is 2.24. The Hall–Kier alpha value is -2.51.